The van der Waals surface area contributed by atoms with Crippen LogP contribution in [0.4, 0.5) is 0 Å². The van der Waals surface area contributed by atoms with E-state index in [1.165, 1.54) is 6.21 Å². The molecule has 1 aromatic carbocycles. The van der Waals surface area contributed by atoms with E-state index in [9.17, 15) is 9.59 Å². The first-order valence-corrected chi connectivity index (χ1v) is 7.26. The molecule has 0 aliphatic rings. The first kappa shape index (κ1) is 16.4. The van der Waals surface area contributed by atoms with Gasteiger partial charge in [-0.1, -0.05) is 36.4 Å². The lowest BCUT2D eigenvalue weighted by Crippen LogP contribution is -2.35. The van der Waals surface area contributed by atoms with Crippen LogP contribution in [0.5, 0.6) is 0 Å². The summed E-state index contributed by atoms with van der Waals surface area (Å²) in [6, 6.07) is 13.3. The molecule has 2 rings (SSSR count). The number of nitrogens with one attached hydrogen (secondary N) is 2. The van der Waals surface area contributed by atoms with Crippen LogP contribution in [0, 0.1) is 0 Å². The standard InChI is InChI=1S/C17H18N4O2/c22-16(9-8-14-5-2-1-3-6-14)19-13-17(23)21-20-12-15-7-4-10-18-11-15/h1-7,10-12H,8-9,13H2,(H,19,22)(H,21,23). The molecular formula is C17H18N4O2. The molecule has 6 heteroatoms. The van der Waals surface area contributed by atoms with E-state index in [1.807, 2.05) is 36.4 Å². The molecule has 0 atom stereocenters. The maximum absolute atomic E-state index is 11.7. The van der Waals surface area contributed by atoms with Crippen molar-refractivity contribution in [2.45, 2.75) is 12.8 Å². The first-order valence-electron chi connectivity index (χ1n) is 7.26. The Labute approximate surface area is 134 Å². The monoisotopic (exact) mass is 310 g/mol. The van der Waals surface area contributed by atoms with Gasteiger partial charge < -0.3 is 5.32 Å². The molecule has 0 saturated carbocycles. The molecule has 1 heterocycles. The lowest BCUT2D eigenvalue weighted by Gasteiger charge is -2.04. The van der Waals surface area contributed by atoms with Gasteiger partial charge in [0.15, 0.2) is 0 Å². The Bertz CT molecular complexity index is 657. The van der Waals surface area contributed by atoms with Crippen LogP contribution in [0.2, 0.25) is 0 Å². The van der Waals surface area contributed by atoms with Crippen LogP contribution in [0.25, 0.3) is 0 Å². The van der Waals surface area contributed by atoms with Gasteiger partial charge in [0.2, 0.25) is 5.91 Å². The van der Waals surface area contributed by atoms with Crippen molar-refractivity contribution >= 4 is 18.0 Å². The van der Waals surface area contributed by atoms with Gasteiger partial charge >= 0.3 is 0 Å². The Hall–Kier alpha value is -3.02. The van der Waals surface area contributed by atoms with Gasteiger partial charge in [0.1, 0.15) is 0 Å². The second kappa shape index (κ2) is 9.09. The van der Waals surface area contributed by atoms with Crippen LogP contribution in [-0.2, 0) is 16.0 Å². The normalized spacial score (nSPS) is 10.4. The van der Waals surface area contributed by atoms with Crippen molar-refractivity contribution in [3.63, 3.8) is 0 Å². The van der Waals surface area contributed by atoms with Crippen molar-refractivity contribution in [3.05, 3.63) is 66.0 Å². The summed E-state index contributed by atoms with van der Waals surface area (Å²) >= 11 is 0. The van der Waals surface area contributed by atoms with Gasteiger partial charge in [0.05, 0.1) is 12.8 Å². The number of carbonyl (C=O) groups is 2. The number of hydrogen-bond donors (Lipinski definition) is 2. The van der Waals surface area contributed by atoms with Gasteiger partial charge in [0, 0.05) is 24.4 Å². The molecule has 0 aliphatic heterocycles. The van der Waals surface area contributed by atoms with Crippen LogP contribution in [0.15, 0.2) is 60.0 Å². The number of carbonyl (C=O) groups excluding carboxylic acids is 2. The van der Waals surface area contributed by atoms with Gasteiger partial charge in [-0.05, 0) is 18.1 Å². The zero-order valence-electron chi connectivity index (χ0n) is 12.6. The number of nitrogens with zero attached hydrogens (tertiary/aromatic N) is 2. The zero-order valence-corrected chi connectivity index (χ0v) is 12.6. The van der Waals surface area contributed by atoms with Gasteiger partial charge in [0.25, 0.3) is 5.91 Å². The number of rotatable bonds is 7. The quantitative estimate of drug-likeness (QED) is 0.597. The second-order valence-corrected chi connectivity index (χ2v) is 4.84. The highest BCUT2D eigenvalue weighted by atomic mass is 16.2. The number of hydrogen-bond acceptors (Lipinski definition) is 4. The van der Waals surface area contributed by atoms with Crippen LogP contribution in [0.3, 0.4) is 0 Å². The molecule has 2 aromatic rings. The summed E-state index contributed by atoms with van der Waals surface area (Å²) < 4.78 is 0. The van der Waals surface area contributed by atoms with Crippen LogP contribution < -0.4 is 10.7 Å². The Morgan fingerprint density at radius 1 is 1.09 bits per heavy atom. The fourth-order valence-electron chi connectivity index (χ4n) is 1.84. The van der Waals surface area contributed by atoms with Gasteiger partial charge in [-0.3, -0.25) is 14.6 Å². The summed E-state index contributed by atoms with van der Waals surface area (Å²) in [5.74, 6) is -0.543. The van der Waals surface area contributed by atoms with Crippen molar-refractivity contribution in [1.82, 2.24) is 15.7 Å². The fourth-order valence-corrected chi connectivity index (χ4v) is 1.84. The number of aryl methyl sites for hydroxylation is 1. The number of pyridine rings is 1. The van der Waals surface area contributed by atoms with Crippen molar-refractivity contribution in [1.29, 1.82) is 0 Å². The highest BCUT2D eigenvalue weighted by Gasteiger charge is 2.05. The molecular weight excluding hydrogens is 292 g/mol. The molecule has 0 radical (unpaired) electrons. The largest absolute Gasteiger partial charge is 0.347 e. The maximum atomic E-state index is 11.7. The summed E-state index contributed by atoms with van der Waals surface area (Å²) in [6.07, 6.45) is 5.76. The van der Waals surface area contributed by atoms with Gasteiger partial charge in [-0.25, -0.2) is 5.43 Å². The minimum Gasteiger partial charge on any atom is -0.347 e. The fraction of sp³-hybridized carbons (Fsp3) is 0.176. The molecule has 0 spiro atoms. The van der Waals surface area contributed by atoms with Crippen molar-refractivity contribution in [2.24, 2.45) is 5.10 Å². The third kappa shape index (κ3) is 6.52. The van der Waals surface area contributed by atoms with E-state index in [0.717, 1.165) is 11.1 Å². The molecule has 2 N–H and O–H groups in total. The van der Waals surface area contributed by atoms with Crippen molar-refractivity contribution in [2.75, 3.05) is 6.54 Å². The third-order valence-corrected chi connectivity index (χ3v) is 3.02. The predicted molar refractivity (Wildman–Crippen MR) is 87.7 cm³/mol. The molecule has 0 bridgehead atoms. The lowest BCUT2D eigenvalue weighted by molar-refractivity contribution is -0.126. The summed E-state index contributed by atoms with van der Waals surface area (Å²) in [5, 5.41) is 6.36. The third-order valence-electron chi connectivity index (χ3n) is 3.02. The SMILES string of the molecule is O=C(CCc1ccccc1)NCC(=O)NN=Cc1cccnc1. The number of hydrazone groups is 1. The van der Waals surface area contributed by atoms with E-state index in [2.05, 4.69) is 20.8 Å². The molecule has 0 aliphatic carbocycles. The molecule has 0 fully saturated rings. The van der Waals surface area contributed by atoms with Crippen LogP contribution in [-0.4, -0.2) is 29.6 Å². The first-order chi connectivity index (χ1) is 11.2. The van der Waals surface area contributed by atoms with E-state index in [0.29, 0.717) is 12.8 Å². The molecule has 23 heavy (non-hydrogen) atoms. The Morgan fingerprint density at radius 3 is 2.65 bits per heavy atom. The van der Waals surface area contributed by atoms with E-state index in [-0.39, 0.29) is 18.4 Å². The predicted octanol–water partition coefficient (Wildman–Crippen LogP) is 1.28. The Balaban J connectivity index is 1.64. The van der Waals surface area contributed by atoms with E-state index in [1.54, 1.807) is 18.5 Å². The summed E-state index contributed by atoms with van der Waals surface area (Å²) in [7, 11) is 0. The molecule has 0 unspecified atom stereocenters. The minimum atomic E-state index is -0.377. The number of aromatic nitrogens is 1. The molecule has 118 valence electrons. The van der Waals surface area contributed by atoms with Gasteiger partial charge in [-0.15, -0.1) is 0 Å². The average Bonchev–Trinajstić information content (AvgIpc) is 2.60. The van der Waals surface area contributed by atoms with Gasteiger partial charge in [-0.2, -0.15) is 5.10 Å². The zero-order chi connectivity index (χ0) is 16.3. The molecule has 6 nitrogen and oxygen atoms in total. The van der Waals surface area contributed by atoms with Crippen LogP contribution >= 0.6 is 0 Å². The molecule has 0 saturated heterocycles. The number of amides is 2. The average molecular weight is 310 g/mol. The topological polar surface area (TPSA) is 83.5 Å². The smallest absolute Gasteiger partial charge is 0.259 e. The van der Waals surface area contributed by atoms with Crippen LogP contribution in [0.1, 0.15) is 17.5 Å². The lowest BCUT2D eigenvalue weighted by atomic mass is 10.1. The highest BCUT2D eigenvalue weighted by molar-refractivity contribution is 5.86. The van der Waals surface area contributed by atoms with Crippen molar-refractivity contribution < 1.29 is 9.59 Å². The molecule has 2 amide bonds. The summed E-state index contributed by atoms with van der Waals surface area (Å²) in [6.45, 7) is -0.0992. The van der Waals surface area contributed by atoms with E-state index >= 15 is 0 Å². The Kier molecular flexibility index (Phi) is 6.46. The Morgan fingerprint density at radius 2 is 1.91 bits per heavy atom. The minimum absolute atomic E-state index is 0.0992. The second-order valence-electron chi connectivity index (χ2n) is 4.84. The maximum Gasteiger partial charge on any atom is 0.259 e. The van der Waals surface area contributed by atoms with E-state index < -0.39 is 0 Å². The van der Waals surface area contributed by atoms with Crippen molar-refractivity contribution in [3.8, 4) is 0 Å². The highest BCUT2D eigenvalue weighted by Crippen LogP contribution is 2.01. The summed E-state index contributed by atoms with van der Waals surface area (Å²) in [4.78, 5) is 27.2. The molecule has 1 aromatic heterocycles. The summed E-state index contributed by atoms with van der Waals surface area (Å²) in [5.41, 5.74) is 4.22. The van der Waals surface area contributed by atoms with E-state index in [4.69, 9.17) is 0 Å². The number of benzene rings is 1.